The molecule has 0 amide bonds. The summed E-state index contributed by atoms with van der Waals surface area (Å²) in [5.74, 6) is 0.271. The number of Topliss-reactive ketones (excluding diaryl/α,β-unsaturated/α-hetero) is 1. The highest BCUT2D eigenvalue weighted by Crippen LogP contribution is 2.34. The Bertz CT molecular complexity index is 840. The van der Waals surface area contributed by atoms with Gasteiger partial charge in [-0.05, 0) is 43.0 Å². The van der Waals surface area contributed by atoms with Crippen molar-refractivity contribution < 1.29 is 4.79 Å². The summed E-state index contributed by atoms with van der Waals surface area (Å²) in [5.41, 5.74) is 7.07. The predicted octanol–water partition coefficient (Wildman–Crippen LogP) is 5.46. The van der Waals surface area contributed by atoms with Gasteiger partial charge in [-0.1, -0.05) is 43.7 Å². The van der Waals surface area contributed by atoms with Crippen molar-refractivity contribution in [3.63, 3.8) is 0 Å². The summed E-state index contributed by atoms with van der Waals surface area (Å²) < 4.78 is 2.11. The second-order valence-electron chi connectivity index (χ2n) is 5.84. The summed E-state index contributed by atoms with van der Waals surface area (Å²) in [5, 5.41) is 0. The van der Waals surface area contributed by atoms with Gasteiger partial charge in [-0.2, -0.15) is 0 Å². The van der Waals surface area contributed by atoms with Crippen LogP contribution in [0, 0.1) is 6.92 Å². The van der Waals surface area contributed by atoms with Crippen LogP contribution in [0.2, 0.25) is 0 Å². The molecule has 118 valence electrons. The Hall–Kier alpha value is -2.35. The van der Waals surface area contributed by atoms with E-state index in [4.69, 9.17) is 0 Å². The van der Waals surface area contributed by atoms with E-state index in [1.54, 1.807) is 0 Å². The van der Waals surface area contributed by atoms with Gasteiger partial charge in [-0.15, -0.1) is 0 Å². The number of rotatable bonds is 1. The van der Waals surface area contributed by atoms with Crippen LogP contribution in [-0.2, 0) is 6.42 Å². The molecule has 2 nitrogen and oxygen atoms in total. The molecule has 0 saturated carbocycles. The van der Waals surface area contributed by atoms with Crippen LogP contribution in [0.5, 0.6) is 0 Å². The molecule has 0 radical (unpaired) electrons. The molecule has 0 atom stereocenters. The Morgan fingerprint density at radius 1 is 0.957 bits per heavy atom. The second kappa shape index (κ2) is 6.41. The molecule has 0 bridgehead atoms. The minimum Gasteiger partial charge on any atom is -0.322 e. The third-order valence-corrected chi connectivity index (χ3v) is 4.40. The third kappa shape index (κ3) is 2.70. The molecule has 0 N–H and O–H groups in total. The van der Waals surface area contributed by atoms with Gasteiger partial charge in [0.15, 0.2) is 5.78 Å². The summed E-state index contributed by atoms with van der Waals surface area (Å²) in [4.78, 5) is 12.3. The van der Waals surface area contributed by atoms with Crippen LogP contribution < -0.4 is 0 Å². The van der Waals surface area contributed by atoms with Gasteiger partial charge in [0.2, 0.25) is 0 Å². The van der Waals surface area contributed by atoms with E-state index in [9.17, 15) is 4.79 Å². The van der Waals surface area contributed by atoms with Crippen LogP contribution in [0.1, 0.15) is 48.2 Å². The first kappa shape index (κ1) is 15.5. The van der Waals surface area contributed by atoms with Crippen LogP contribution >= 0.6 is 0 Å². The lowest BCUT2D eigenvalue weighted by atomic mass is 9.99. The van der Waals surface area contributed by atoms with Gasteiger partial charge < -0.3 is 4.40 Å². The summed E-state index contributed by atoms with van der Waals surface area (Å²) in [6.45, 7) is 6.10. The first-order valence-electron chi connectivity index (χ1n) is 8.47. The number of hydrogen-bond acceptors (Lipinski definition) is 1. The van der Waals surface area contributed by atoms with Gasteiger partial charge in [-0.3, -0.25) is 4.79 Å². The number of aromatic nitrogens is 1. The number of hydrogen-bond donors (Lipinski definition) is 0. The third-order valence-electron chi connectivity index (χ3n) is 4.40. The van der Waals surface area contributed by atoms with Crippen molar-refractivity contribution in [2.75, 3.05) is 0 Å². The summed E-state index contributed by atoms with van der Waals surface area (Å²) in [6.07, 6.45) is 6.77. The van der Waals surface area contributed by atoms with Gasteiger partial charge in [0.1, 0.15) is 0 Å². The molecule has 0 unspecified atom stereocenters. The second-order valence-corrected chi connectivity index (χ2v) is 5.84. The van der Waals surface area contributed by atoms with E-state index in [1.807, 2.05) is 32.2 Å². The largest absolute Gasteiger partial charge is 0.322 e. The van der Waals surface area contributed by atoms with Crippen molar-refractivity contribution in [3.8, 4) is 11.1 Å². The van der Waals surface area contributed by atoms with Crippen LogP contribution in [0.4, 0.5) is 0 Å². The number of carbonyl (C=O) groups is 1. The SMILES string of the molecule is CC.Cc1ccc(-c2cn3cccc4c3c2CCCC4=O)cc1. The zero-order valence-electron chi connectivity index (χ0n) is 14.1. The lowest BCUT2D eigenvalue weighted by molar-refractivity contribution is 0.0983. The maximum Gasteiger partial charge on any atom is 0.165 e. The van der Waals surface area contributed by atoms with Gasteiger partial charge in [0.25, 0.3) is 0 Å². The molecule has 1 aliphatic carbocycles. The highest BCUT2D eigenvalue weighted by Gasteiger charge is 2.21. The molecular formula is C21H23NO. The Labute approximate surface area is 137 Å². The molecule has 0 fully saturated rings. The fourth-order valence-corrected chi connectivity index (χ4v) is 3.32. The van der Waals surface area contributed by atoms with Gasteiger partial charge in [-0.25, -0.2) is 0 Å². The number of benzene rings is 1. The van der Waals surface area contributed by atoms with E-state index in [-0.39, 0.29) is 5.78 Å². The Balaban J connectivity index is 0.000000753. The number of carbonyl (C=O) groups excluding carboxylic acids is 1. The number of pyridine rings is 1. The normalized spacial score (nSPS) is 13.4. The predicted molar refractivity (Wildman–Crippen MR) is 96.2 cm³/mol. The topological polar surface area (TPSA) is 21.5 Å². The van der Waals surface area contributed by atoms with E-state index in [0.717, 1.165) is 23.9 Å². The number of nitrogens with zero attached hydrogens (tertiary/aromatic N) is 1. The average Bonchev–Trinajstić information content (AvgIpc) is 2.87. The fourth-order valence-electron chi connectivity index (χ4n) is 3.32. The van der Waals surface area contributed by atoms with Crippen LogP contribution in [-0.4, -0.2) is 10.2 Å². The number of aryl methyl sites for hydroxylation is 2. The molecule has 1 aliphatic rings. The summed E-state index contributed by atoms with van der Waals surface area (Å²) in [6, 6.07) is 12.6. The lowest BCUT2D eigenvalue weighted by Crippen LogP contribution is -1.99. The highest BCUT2D eigenvalue weighted by atomic mass is 16.1. The van der Waals surface area contributed by atoms with Gasteiger partial charge in [0, 0.05) is 29.9 Å². The van der Waals surface area contributed by atoms with E-state index >= 15 is 0 Å². The maximum atomic E-state index is 12.3. The van der Waals surface area contributed by atoms with Crippen molar-refractivity contribution in [2.24, 2.45) is 0 Å². The van der Waals surface area contributed by atoms with Crippen molar-refractivity contribution in [1.29, 1.82) is 0 Å². The molecule has 0 spiro atoms. The average molecular weight is 305 g/mol. The van der Waals surface area contributed by atoms with Crippen molar-refractivity contribution in [1.82, 2.24) is 4.40 Å². The molecule has 1 aromatic carbocycles. The van der Waals surface area contributed by atoms with E-state index in [2.05, 4.69) is 41.8 Å². The Morgan fingerprint density at radius 2 is 1.70 bits per heavy atom. The van der Waals surface area contributed by atoms with E-state index < -0.39 is 0 Å². The standard InChI is InChI=1S/C19H17NO.C2H6/c1-13-7-9-14(10-8-13)17-12-20-11-3-5-16-18(21)6-2-4-15(17)19(16)20;1-2/h3,5,7-12H,2,4,6H2,1H3;1-2H3. The first-order valence-corrected chi connectivity index (χ1v) is 8.47. The van der Waals surface area contributed by atoms with Crippen LogP contribution in [0.25, 0.3) is 16.6 Å². The quantitative estimate of drug-likeness (QED) is 0.585. The molecule has 2 heteroatoms. The van der Waals surface area contributed by atoms with Crippen molar-refractivity contribution in [2.45, 2.75) is 40.0 Å². The smallest absolute Gasteiger partial charge is 0.165 e. The highest BCUT2D eigenvalue weighted by molar-refractivity contribution is 6.04. The zero-order valence-corrected chi connectivity index (χ0v) is 14.1. The van der Waals surface area contributed by atoms with Crippen molar-refractivity contribution >= 4 is 11.3 Å². The number of ketones is 1. The maximum absolute atomic E-state index is 12.3. The van der Waals surface area contributed by atoms with Gasteiger partial charge in [0.05, 0.1) is 5.52 Å². The molecule has 0 saturated heterocycles. The minimum atomic E-state index is 0.271. The molecular weight excluding hydrogens is 282 g/mol. The van der Waals surface area contributed by atoms with E-state index in [1.165, 1.54) is 22.3 Å². The van der Waals surface area contributed by atoms with E-state index in [0.29, 0.717) is 6.42 Å². The minimum absolute atomic E-state index is 0.271. The molecule has 2 heterocycles. The molecule has 4 rings (SSSR count). The van der Waals surface area contributed by atoms with Crippen LogP contribution in [0.3, 0.4) is 0 Å². The molecule has 0 aliphatic heterocycles. The lowest BCUT2D eigenvalue weighted by Gasteiger charge is -2.04. The summed E-state index contributed by atoms with van der Waals surface area (Å²) in [7, 11) is 0. The van der Waals surface area contributed by atoms with Gasteiger partial charge >= 0.3 is 0 Å². The Kier molecular flexibility index (Phi) is 4.33. The molecule has 2 aromatic heterocycles. The van der Waals surface area contributed by atoms with Crippen molar-refractivity contribution in [3.05, 3.63) is 65.5 Å². The summed E-state index contributed by atoms with van der Waals surface area (Å²) >= 11 is 0. The fraction of sp³-hybridized carbons (Fsp3) is 0.286. The monoisotopic (exact) mass is 305 g/mol. The first-order chi connectivity index (χ1) is 11.2. The zero-order chi connectivity index (χ0) is 16.4. The molecule has 3 aromatic rings. The Morgan fingerprint density at radius 3 is 2.43 bits per heavy atom. The van der Waals surface area contributed by atoms with Crippen LogP contribution in [0.15, 0.2) is 48.8 Å². The molecule has 23 heavy (non-hydrogen) atoms.